The summed E-state index contributed by atoms with van der Waals surface area (Å²) in [6, 6.07) is 19.1. The quantitative estimate of drug-likeness (QED) is 0.304. The van der Waals surface area contributed by atoms with Gasteiger partial charge >= 0.3 is 5.97 Å². The summed E-state index contributed by atoms with van der Waals surface area (Å²) < 4.78 is 5.24. The van der Waals surface area contributed by atoms with E-state index in [-0.39, 0.29) is 24.8 Å². The average Bonchev–Trinajstić information content (AvgIpc) is 2.68. The van der Waals surface area contributed by atoms with Crippen LogP contribution in [0.1, 0.15) is 37.9 Å². The molecular formula is C22H26N2O4. The first-order chi connectivity index (χ1) is 13.4. The molecule has 2 atom stereocenters. The standard InChI is InChI=1S/C22H26N2O4/c1-4-28-22(25)20(16(2)15-24(26)27)21(19-13-9-6-10-14-19)23-17(3)18-11-7-5-8-12-18/h5-14,16-17,23H,4,15H2,1-3H3/b21-20-/t16-,17-/m1/s1. The van der Waals surface area contributed by atoms with Crippen LogP contribution in [-0.4, -0.2) is 24.0 Å². The second-order valence-corrected chi connectivity index (χ2v) is 6.57. The number of esters is 1. The molecule has 0 aliphatic heterocycles. The van der Waals surface area contributed by atoms with E-state index in [1.165, 1.54) is 0 Å². The minimum absolute atomic E-state index is 0.108. The van der Waals surface area contributed by atoms with Crippen molar-refractivity contribution in [1.82, 2.24) is 5.32 Å². The van der Waals surface area contributed by atoms with Crippen molar-refractivity contribution in [3.05, 3.63) is 87.5 Å². The molecule has 0 aromatic heterocycles. The maximum Gasteiger partial charge on any atom is 0.336 e. The number of hydrogen-bond donors (Lipinski definition) is 1. The summed E-state index contributed by atoms with van der Waals surface area (Å²) in [7, 11) is 0. The predicted octanol–water partition coefficient (Wildman–Crippen LogP) is 4.22. The van der Waals surface area contributed by atoms with Crippen LogP contribution in [0, 0.1) is 16.0 Å². The van der Waals surface area contributed by atoms with Crippen LogP contribution >= 0.6 is 0 Å². The van der Waals surface area contributed by atoms with Gasteiger partial charge in [-0.3, -0.25) is 10.1 Å². The van der Waals surface area contributed by atoms with E-state index in [1.807, 2.05) is 67.6 Å². The van der Waals surface area contributed by atoms with Crippen LogP contribution in [0.4, 0.5) is 0 Å². The largest absolute Gasteiger partial charge is 0.463 e. The number of benzene rings is 2. The van der Waals surface area contributed by atoms with Gasteiger partial charge in [0.05, 0.1) is 23.8 Å². The van der Waals surface area contributed by atoms with Gasteiger partial charge < -0.3 is 10.1 Å². The summed E-state index contributed by atoms with van der Waals surface area (Å²) >= 11 is 0. The van der Waals surface area contributed by atoms with Gasteiger partial charge in [0.2, 0.25) is 6.54 Å². The zero-order valence-corrected chi connectivity index (χ0v) is 16.4. The Morgan fingerprint density at radius 1 is 1.07 bits per heavy atom. The molecule has 0 bridgehead atoms. The van der Waals surface area contributed by atoms with Crippen LogP contribution < -0.4 is 5.32 Å². The lowest BCUT2D eigenvalue weighted by Gasteiger charge is -2.23. The lowest BCUT2D eigenvalue weighted by Crippen LogP contribution is -2.27. The van der Waals surface area contributed by atoms with Crippen molar-refractivity contribution in [2.75, 3.05) is 13.2 Å². The number of ether oxygens (including phenoxy) is 1. The summed E-state index contributed by atoms with van der Waals surface area (Å²) in [5.74, 6) is -1.15. The molecule has 0 saturated heterocycles. The van der Waals surface area contributed by atoms with Gasteiger partial charge in [-0.15, -0.1) is 0 Å². The van der Waals surface area contributed by atoms with Crippen molar-refractivity contribution in [1.29, 1.82) is 0 Å². The monoisotopic (exact) mass is 382 g/mol. The van der Waals surface area contributed by atoms with Crippen molar-refractivity contribution in [3.8, 4) is 0 Å². The molecule has 0 spiro atoms. The maximum absolute atomic E-state index is 12.8. The van der Waals surface area contributed by atoms with Crippen molar-refractivity contribution in [2.24, 2.45) is 5.92 Å². The smallest absolute Gasteiger partial charge is 0.336 e. The van der Waals surface area contributed by atoms with Crippen molar-refractivity contribution in [3.63, 3.8) is 0 Å². The Bertz CT molecular complexity index is 819. The van der Waals surface area contributed by atoms with Crippen LogP contribution in [0.25, 0.3) is 5.70 Å². The molecule has 148 valence electrons. The number of carbonyl (C=O) groups is 1. The Morgan fingerprint density at radius 2 is 1.64 bits per heavy atom. The van der Waals surface area contributed by atoms with Crippen LogP contribution in [0.2, 0.25) is 0 Å². The van der Waals surface area contributed by atoms with E-state index in [1.54, 1.807) is 13.8 Å². The Hall–Kier alpha value is -3.15. The molecule has 0 saturated carbocycles. The molecule has 0 unspecified atom stereocenters. The summed E-state index contributed by atoms with van der Waals surface area (Å²) in [6.07, 6.45) is 0. The molecule has 0 amide bonds. The number of carbonyl (C=O) groups excluding carboxylic acids is 1. The zero-order chi connectivity index (χ0) is 20.5. The molecule has 1 N–H and O–H groups in total. The highest BCUT2D eigenvalue weighted by molar-refractivity contribution is 5.97. The first-order valence-corrected chi connectivity index (χ1v) is 9.34. The SMILES string of the molecule is CCOC(=O)/C(=C(\N[C@H](C)c1ccccc1)c1ccccc1)[C@H](C)C[N+](=O)[O-]. The minimum atomic E-state index is -0.611. The van der Waals surface area contributed by atoms with Crippen molar-refractivity contribution in [2.45, 2.75) is 26.8 Å². The summed E-state index contributed by atoms with van der Waals surface area (Å²) in [5.41, 5.74) is 2.67. The second kappa shape index (κ2) is 10.3. The van der Waals surface area contributed by atoms with E-state index in [4.69, 9.17) is 4.74 Å². The molecule has 0 heterocycles. The summed E-state index contributed by atoms with van der Waals surface area (Å²) in [4.78, 5) is 23.5. The lowest BCUT2D eigenvalue weighted by molar-refractivity contribution is -0.485. The fraction of sp³-hybridized carbons (Fsp3) is 0.318. The number of nitro groups is 1. The van der Waals surface area contributed by atoms with Gasteiger partial charge in [-0.2, -0.15) is 0 Å². The van der Waals surface area contributed by atoms with E-state index in [0.29, 0.717) is 5.70 Å². The second-order valence-electron chi connectivity index (χ2n) is 6.57. The Morgan fingerprint density at radius 3 is 2.18 bits per heavy atom. The Balaban J connectivity index is 2.56. The molecule has 2 aromatic carbocycles. The van der Waals surface area contributed by atoms with Crippen LogP contribution in [0.5, 0.6) is 0 Å². The van der Waals surface area contributed by atoms with Crippen LogP contribution in [0.15, 0.2) is 66.2 Å². The maximum atomic E-state index is 12.8. The molecule has 6 heteroatoms. The van der Waals surface area contributed by atoms with Gasteiger partial charge in [-0.05, 0) is 25.0 Å². The van der Waals surface area contributed by atoms with Gasteiger partial charge in [-0.1, -0.05) is 67.6 Å². The molecule has 28 heavy (non-hydrogen) atoms. The third-order valence-electron chi connectivity index (χ3n) is 4.40. The highest BCUT2D eigenvalue weighted by Crippen LogP contribution is 2.27. The molecule has 0 fully saturated rings. The highest BCUT2D eigenvalue weighted by Gasteiger charge is 2.28. The third kappa shape index (κ3) is 5.67. The van der Waals surface area contributed by atoms with E-state index < -0.39 is 16.8 Å². The van der Waals surface area contributed by atoms with E-state index in [2.05, 4.69) is 5.32 Å². The predicted molar refractivity (Wildman–Crippen MR) is 109 cm³/mol. The third-order valence-corrected chi connectivity index (χ3v) is 4.40. The molecule has 2 rings (SSSR count). The number of nitrogens with zero attached hydrogens (tertiary/aromatic N) is 1. The number of rotatable bonds is 9. The van der Waals surface area contributed by atoms with E-state index in [0.717, 1.165) is 11.1 Å². The molecule has 0 aliphatic carbocycles. The van der Waals surface area contributed by atoms with Gasteiger partial charge in [0.25, 0.3) is 0 Å². The van der Waals surface area contributed by atoms with Gasteiger partial charge in [0, 0.05) is 11.0 Å². The van der Waals surface area contributed by atoms with E-state index >= 15 is 0 Å². The first-order valence-electron chi connectivity index (χ1n) is 9.34. The molecular weight excluding hydrogens is 356 g/mol. The van der Waals surface area contributed by atoms with E-state index in [9.17, 15) is 14.9 Å². The first kappa shape index (κ1) is 21.2. The Kier molecular flexibility index (Phi) is 7.75. The molecule has 2 aromatic rings. The Labute approximate surface area is 165 Å². The lowest BCUT2D eigenvalue weighted by atomic mass is 9.94. The molecule has 6 nitrogen and oxygen atoms in total. The normalized spacial score (nSPS) is 13.8. The number of hydrogen-bond acceptors (Lipinski definition) is 5. The van der Waals surface area contributed by atoms with Gasteiger partial charge in [0.15, 0.2) is 0 Å². The van der Waals surface area contributed by atoms with Gasteiger partial charge in [0.1, 0.15) is 0 Å². The molecule has 0 aliphatic rings. The van der Waals surface area contributed by atoms with Crippen LogP contribution in [-0.2, 0) is 9.53 Å². The van der Waals surface area contributed by atoms with Crippen molar-refractivity contribution < 1.29 is 14.5 Å². The fourth-order valence-electron chi connectivity index (χ4n) is 3.04. The zero-order valence-electron chi connectivity index (χ0n) is 16.4. The topological polar surface area (TPSA) is 81.5 Å². The molecule has 0 radical (unpaired) electrons. The van der Waals surface area contributed by atoms with Gasteiger partial charge in [-0.25, -0.2) is 4.79 Å². The minimum Gasteiger partial charge on any atom is -0.463 e. The average molecular weight is 382 g/mol. The summed E-state index contributed by atoms with van der Waals surface area (Å²) in [6.45, 7) is 5.22. The van der Waals surface area contributed by atoms with Crippen LogP contribution in [0.3, 0.4) is 0 Å². The number of nitrogens with one attached hydrogen (secondary N) is 1. The summed E-state index contributed by atoms with van der Waals surface area (Å²) in [5, 5.41) is 14.5. The highest BCUT2D eigenvalue weighted by atomic mass is 16.6. The van der Waals surface area contributed by atoms with Crippen molar-refractivity contribution >= 4 is 11.7 Å². The fourth-order valence-corrected chi connectivity index (χ4v) is 3.04.